The normalized spacial score (nSPS) is 35.2. The second-order valence-electron chi connectivity index (χ2n) is 16.1. The summed E-state index contributed by atoms with van der Waals surface area (Å²) in [4.78, 5) is 25.1. The zero-order chi connectivity index (χ0) is 31.2. The fourth-order valence-corrected chi connectivity index (χ4v) is 10.6. The maximum absolute atomic E-state index is 13.1. The smallest absolute Gasteiger partial charge is 0.338 e. The summed E-state index contributed by atoms with van der Waals surface area (Å²) in [5.41, 5.74) is 3.58. The van der Waals surface area contributed by atoms with Gasteiger partial charge in [-0.25, -0.2) is 4.79 Å². The number of hydrogen-bond acceptors (Lipinski definition) is 3. The predicted molar refractivity (Wildman–Crippen MR) is 174 cm³/mol. The Balaban J connectivity index is 1.45. The molecule has 1 aromatic carbocycles. The van der Waals surface area contributed by atoms with E-state index in [0.29, 0.717) is 29.7 Å². The highest BCUT2D eigenvalue weighted by Gasteiger charge is 2.63. The highest BCUT2D eigenvalue weighted by atomic mass is 16.5. The fourth-order valence-electron chi connectivity index (χ4n) is 10.6. The van der Waals surface area contributed by atoms with Gasteiger partial charge in [0, 0.05) is 17.3 Å². The van der Waals surface area contributed by atoms with E-state index in [1.807, 2.05) is 30.3 Å². The number of allylic oxidation sites excluding steroid dienone is 4. The van der Waals surface area contributed by atoms with E-state index in [1.165, 1.54) is 19.3 Å². The average Bonchev–Trinajstić information content (AvgIpc) is 3.27. The number of carbonyl (C=O) groups is 2. The number of esters is 1. The van der Waals surface area contributed by atoms with Crippen LogP contribution in [0.25, 0.3) is 0 Å². The summed E-state index contributed by atoms with van der Waals surface area (Å²) in [5.74, 6) is 1.32. The van der Waals surface area contributed by atoms with Gasteiger partial charge in [0.25, 0.3) is 0 Å². The van der Waals surface area contributed by atoms with Gasteiger partial charge in [-0.3, -0.25) is 4.79 Å². The van der Waals surface area contributed by atoms with Crippen LogP contribution in [-0.4, -0.2) is 23.1 Å². The lowest BCUT2D eigenvalue weighted by Crippen LogP contribution is -2.56. The van der Waals surface area contributed by atoms with Crippen LogP contribution in [0.3, 0.4) is 0 Å². The topological polar surface area (TPSA) is 63.6 Å². The SMILES string of the molecule is CC(C)CCC[C@@H](C)[C@H]1C=C[C@@]2(CCC(=O)O)C3=C(CC[C@]12C)[C@@]1(C)CC[C@H](OC(=O)c2ccccc2)C(C)(C)[C@@H]1CC3. The number of benzene rings is 1. The maximum atomic E-state index is 13.1. The molecule has 0 bridgehead atoms. The second-order valence-corrected chi connectivity index (χ2v) is 16.1. The van der Waals surface area contributed by atoms with Crippen molar-refractivity contribution in [2.75, 3.05) is 0 Å². The Bertz CT molecular complexity index is 1260. The van der Waals surface area contributed by atoms with Crippen molar-refractivity contribution in [2.45, 2.75) is 125 Å². The molecule has 0 saturated heterocycles. The molecule has 1 saturated carbocycles. The first-order valence-corrected chi connectivity index (χ1v) is 17.2. The van der Waals surface area contributed by atoms with Gasteiger partial charge < -0.3 is 9.84 Å². The number of carboxylic acids is 1. The molecule has 43 heavy (non-hydrogen) atoms. The van der Waals surface area contributed by atoms with Crippen LogP contribution in [-0.2, 0) is 9.53 Å². The molecule has 1 aromatic rings. The molecule has 236 valence electrons. The van der Waals surface area contributed by atoms with Gasteiger partial charge in [0.1, 0.15) is 6.10 Å². The third kappa shape index (κ3) is 5.44. The van der Waals surface area contributed by atoms with Crippen LogP contribution < -0.4 is 0 Å². The molecular formula is C39H56O4. The number of ether oxygens (including phenoxy) is 1. The van der Waals surface area contributed by atoms with E-state index in [1.54, 1.807) is 11.1 Å². The van der Waals surface area contributed by atoms with Crippen molar-refractivity contribution in [1.29, 1.82) is 0 Å². The fraction of sp³-hybridized carbons (Fsp3) is 0.692. The molecule has 0 unspecified atom stereocenters. The van der Waals surface area contributed by atoms with E-state index in [4.69, 9.17) is 4.74 Å². The Morgan fingerprint density at radius 3 is 2.35 bits per heavy atom. The van der Waals surface area contributed by atoms with Crippen molar-refractivity contribution in [3.05, 3.63) is 59.2 Å². The quantitative estimate of drug-likeness (QED) is 0.218. The van der Waals surface area contributed by atoms with E-state index < -0.39 is 5.97 Å². The predicted octanol–water partition coefficient (Wildman–Crippen LogP) is 10.0. The van der Waals surface area contributed by atoms with Crippen LogP contribution in [0, 0.1) is 45.3 Å². The van der Waals surface area contributed by atoms with Crippen molar-refractivity contribution >= 4 is 11.9 Å². The number of aliphatic carboxylic acids is 1. The molecule has 7 atom stereocenters. The van der Waals surface area contributed by atoms with Gasteiger partial charge in [0.05, 0.1) is 5.56 Å². The lowest BCUT2D eigenvalue weighted by Gasteiger charge is -2.63. The van der Waals surface area contributed by atoms with E-state index in [2.05, 4.69) is 60.6 Å². The number of carbonyl (C=O) groups excluding carboxylic acids is 1. The minimum Gasteiger partial charge on any atom is -0.481 e. The Hall–Kier alpha value is -2.36. The third-order valence-corrected chi connectivity index (χ3v) is 13.0. The van der Waals surface area contributed by atoms with Gasteiger partial charge in [-0.15, -0.1) is 0 Å². The highest BCUT2D eigenvalue weighted by Crippen LogP contribution is 2.72. The molecule has 5 rings (SSSR count). The number of fused-ring (bicyclic) bond motifs is 4. The Morgan fingerprint density at radius 2 is 1.67 bits per heavy atom. The van der Waals surface area contributed by atoms with E-state index in [9.17, 15) is 14.7 Å². The molecule has 4 nitrogen and oxygen atoms in total. The summed E-state index contributed by atoms with van der Waals surface area (Å²) >= 11 is 0. The van der Waals surface area contributed by atoms with Gasteiger partial charge in [-0.2, -0.15) is 0 Å². The molecule has 0 aromatic heterocycles. The summed E-state index contributed by atoms with van der Waals surface area (Å²) in [6, 6.07) is 9.38. The minimum atomic E-state index is -0.687. The largest absolute Gasteiger partial charge is 0.481 e. The van der Waals surface area contributed by atoms with Crippen molar-refractivity contribution in [2.24, 2.45) is 45.3 Å². The minimum absolute atomic E-state index is 0.0408. The summed E-state index contributed by atoms with van der Waals surface area (Å²) in [6.45, 7) is 16.7. The third-order valence-electron chi connectivity index (χ3n) is 13.0. The molecule has 0 heterocycles. The van der Waals surface area contributed by atoms with Crippen LogP contribution in [0.1, 0.15) is 129 Å². The Labute approximate surface area is 260 Å². The van der Waals surface area contributed by atoms with Crippen LogP contribution in [0.15, 0.2) is 53.6 Å². The van der Waals surface area contributed by atoms with E-state index in [-0.39, 0.29) is 40.2 Å². The van der Waals surface area contributed by atoms with Crippen LogP contribution in [0.4, 0.5) is 0 Å². The molecule has 0 amide bonds. The molecule has 1 fully saturated rings. The highest BCUT2D eigenvalue weighted by molar-refractivity contribution is 5.89. The van der Waals surface area contributed by atoms with Crippen molar-refractivity contribution in [1.82, 2.24) is 0 Å². The zero-order valence-electron chi connectivity index (χ0n) is 27.9. The van der Waals surface area contributed by atoms with Crippen LogP contribution >= 0.6 is 0 Å². The first kappa shape index (κ1) is 32.0. The monoisotopic (exact) mass is 588 g/mol. The Morgan fingerprint density at radius 1 is 0.953 bits per heavy atom. The first-order chi connectivity index (χ1) is 20.3. The maximum Gasteiger partial charge on any atom is 0.338 e. The zero-order valence-corrected chi connectivity index (χ0v) is 27.9. The molecule has 0 aliphatic heterocycles. The molecule has 0 spiro atoms. The first-order valence-electron chi connectivity index (χ1n) is 17.2. The molecule has 4 aliphatic rings. The van der Waals surface area contributed by atoms with Gasteiger partial charge in [0.2, 0.25) is 0 Å². The van der Waals surface area contributed by atoms with Gasteiger partial charge >= 0.3 is 11.9 Å². The van der Waals surface area contributed by atoms with Crippen LogP contribution in [0.5, 0.6) is 0 Å². The Kier molecular flexibility index (Phi) is 8.84. The summed E-state index contributed by atoms with van der Waals surface area (Å²) in [6.07, 6.45) is 15.8. The standard InChI is InChI=1S/C39H56O4/c1-26(2)12-11-13-27(3)29-19-24-39(25-21-34(40)41)31-16-17-32-36(4,5)33(43-35(42)28-14-9-8-10-15-28)20-22-37(32,6)30(31)18-23-38(29,39)7/h8-10,14-15,19,24,26-27,29,32-33H,11-13,16-18,20-23,25H2,1-7H3,(H,40,41)/t27-,29-,32+,33+,37-,38-,39-/m1/s1. The molecular weight excluding hydrogens is 532 g/mol. The summed E-state index contributed by atoms with van der Waals surface area (Å²) in [7, 11) is 0. The molecule has 0 radical (unpaired) electrons. The van der Waals surface area contributed by atoms with Gasteiger partial charge in [-0.1, -0.05) is 109 Å². The van der Waals surface area contributed by atoms with E-state index in [0.717, 1.165) is 44.4 Å². The number of hydrogen-bond donors (Lipinski definition) is 1. The molecule has 1 N–H and O–H groups in total. The van der Waals surface area contributed by atoms with Gasteiger partial charge in [0.15, 0.2) is 0 Å². The van der Waals surface area contributed by atoms with Crippen molar-refractivity contribution in [3.8, 4) is 0 Å². The lowest BCUT2D eigenvalue weighted by molar-refractivity contribution is -0.138. The second kappa shape index (κ2) is 11.9. The van der Waals surface area contributed by atoms with Gasteiger partial charge in [-0.05, 0) is 91.6 Å². The average molecular weight is 589 g/mol. The van der Waals surface area contributed by atoms with Crippen LogP contribution in [0.2, 0.25) is 0 Å². The molecule has 4 heteroatoms. The lowest BCUT2D eigenvalue weighted by atomic mass is 9.42. The number of rotatable bonds is 10. The van der Waals surface area contributed by atoms with E-state index >= 15 is 0 Å². The number of carboxylic acid groups (broad SMARTS) is 1. The summed E-state index contributed by atoms with van der Waals surface area (Å²) in [5, 5.41) is 9.89. The summed E-state index contributed by atoms with van der Waals surface area (Å²) < 4.78 is 6.25. The van der Waals surface area contributed by atoms with Crippen molar-refractivity contribution < 1.29 is 19.4 Å². The van der Waals surface area contributed by atoms with Crippen molar-refractivity contribution in [3.63, 3.8) is 0 Å². The molecule has 4 aliphatic carbocycles.